The van der Waals surface area contributed by atoms with E-state index in [1.165, 1.54) is 0 Å². The molecule has 0 aliphatic carbocycles. The highest BCUT2D eigenvalue weighted by molar-refractivity contribution is 6.55. The maximum Gasteiger partial charge on any atom is 0.551 e. The Labute approximate surface area is 102 Å². The lowest BCUT2D eigenvalue weighted by Crippen LogP contribution is -2.41. The quantitative estimate of drug-likeness (QED) is 0.501. The molecular formula is C12H17BN2O2. The third kappa shape index (κ3) is 2.38. The van der Waals surface area contributed by atoms with Gasteiger partial charge in [-0.05, 0) is 27.7 Å². The zero-order chi connectivity index (χ0) is 12.7. The molecule has 0 amide bonds. The number of aryl methyl sites for hydroxylation is 1. The first kappa shape index (κ1) is 12.2. The zero-order valence-electron chi connectivity index (χ0n) is 10.9. The van der Waals surface area contributed by atoms with Gasteiger partial charge in [-0.25, -0.2) is 0 Å². The molecule has 0 aromatic carbocycles. The Kier molecular flexibility index (Phi) is 2.80. The molecule has 90 valence electrons. The topological polar surface area (TPSA) is 36.3 Å². The first-order chi connectivity index (χ1) is 7.80. The van der Waals surface area contributed by atoms with Crippen LogP contribution in [0.3, 0.4) is 0 Å². The van der Waals surface area contributed by atoms with Gasteiger partial charge in [0, 0.05) is 13.2 Å². The highest BCUT2D eigenvalue weighted by Crippen LogP contribution is 2.36. The Balaban J connectivity index is 2.11. The van der Waals surface area contributed by atoms with Crippen LogP contribution in [0.2, 0.25) is 0 Å². The zero-order valence-corrected chi connectivity index (χ0v) is 10.9. The van der Waals surface area contributed by atoms with E-state index in [0.717, 1.165) is 5.56 Å². The molecule has 0 spiro atoms. The van der Waals surface area contributed by atoms with E-state index in [1.807, 2.05) is 40.9 Å². The summed E-state index contributed by atoms with van der Waals surface area (Å²) in [7, 11) is 1.39. The number of aromatic nitrogens is 2. The van der Waals surface area contributed by atoms with E-state index in [1.54, 1.807) is 10.9 Å². The summed E-state index contributed by atoms with van der Waals surface area (Å²) >= 11 is 0. The SMILES string of the molecule is Cn1cc(C#CB2OC(C)(C)C(C)(C)O2)cn1. The Morgan fingerprint density at radius 1 is 1.24 bits per heavy atom. The molecule has 4 nitrogen and oxygen atoms in total. The highest BCUT2D eigenvalue weighted by atomic mass is 16.7. The Bertz CT molecular complexity index is 466. The summed E-state index contributed by atoms with van der Waals surface area (Å²) in [6.07, 6.45) is 3.58. The van der Waals surface area contributed by atoms with Gasteiger partial charge in [0.1, 0.15) is 0 Å². The van der Waals surface area contributed by atoms with Gasteiger partial charge in [-0.3, -0.25) is 4.68 Å². The molecule has 0 atom stereocenters. The summed E-state index contributed by atoms with van der Waals surface area (Å²) < 4.78 is 13.3. The van der Waals surface area contributed by atoms with Gasteiger partial charge in [0.05, 0.1) is 23.0 Å². The van der Waals surface area contributed by atoms with Gasteiger partial charge >= 0.3 is 7.12 Å². The van der Waals surface area contributed by atoms with Gasteiger partial charge in [0.25, 0.3) is 0 Å². The molecule has 1 aromatic heterocycles. The van der Waals surface area contributed by atoms with Crippen molar-refractivity contribution in [1.29, 1.82) is 0 Å². The molecule has 0 radical (unpaired) electrons. The fourth-order valence-corrected chi connectivity index (χ4v) is 1.53. The maximum absolute atomic E-state index is 5.77. The van der Waals surface area contributed by atoms with Crippen LogP contribution >= 0.6 is 0 Å². The molecule has 1 aliphatic rings. The fourth-order valence-electron chi connectivity index (χ4n) is 1.53. The highest BCUT2D eigenvalue weighted by Gasteiger charge is 2.50. The second kappa shape index (κ2) is 3.90. The molecule has 0 unspecified atom stereocenters. The predicted molar refractivity (Wildman–Crippen MR) is 66.2 cm³/mol. The number of nitrogens with zero attached hydrogens (tertiary/aromatic N) is 2. The van der Waals surface area contributed by atoms with Crippen molar-refractivity contribution in [2.75, 3.05) is 0 Å². The molecule has 0 N–H and O–H groups in total. The van der Waals surface area contributed by atoms with Crippen molar-refractivity contribution < 1.29 is 9.31 Å². The summed E-state index contributed by atoms with van der Waals surface area (Å²) in [4.78, 5) is 0. The van der Waals surface area contributed by atoms with Gasteiger partial charge in [-0.2, -0.15) is 5.10 Å². The van der Waals surface area contributed by atoms with Gasteiger partial charge in [0.2, 0.25) is 0 Å². The van der Waals surface area contributed by atoms with E-state index in [2.05, 4.69) is 16.8 Å². The minimum atomic E-state index is -0.472. The molecule has 1 aliphatic heterocycles. The number of hydrogen-bond donors (Lipinski definition) is 0. The molecule has 17 heavy (non-hydrogen) atoms. The van der Waals surface area contributed by atoms with E-state index in [0.29, 0.717) is 0 Å². The fraction of sp³-hybridized carbons (Fsp3) is 0.583. The Morgan fingerprint density at radius 2 is 1.82 bits per heavy atom. The van der Waals surface area contributed by atoms with E-state index in [-0.39, 0.29) is 11.2 Å². The van der Waals surface area contributed by atoms with E-state index < -0.39 is 7.12 Å². The number of rotatable bonds is 0. The number of hydrogen-bond acceptors (Lipinski definition) is 3. The average molecular weight is 232 g/mol. The molecule has 5 heteroatoms. The molecule has 0 saturated carbocycles. The summed E-state index contributed by atoms with van der Waals surface area (Å²) in [5, 5.41) is 4.05. The standard InChI is InChI=1S/C12H17BN2O2/c1-11(2)12(3,4)17-13(16-11)7-6-10-8-14-15(5)9-10/h8-9H,1-5H3. The minimum Gasteiger partial charge on any atom is -0.392 e. The summed E-state index contributed by atoms with van der Waals surface area (Å²) in [6, 6.07) is 0. The van der Waals surface area contributed by atoms with Crippen LogP contribution in [0.25, 0.3) is 0 Å². The van der Waals surface area contributed by atoms with Crippen LogP contribution < -0.4 is 0 Å². The third-order valence-corrected chi connectivity index (χ3v) is 3.29. The minimum absolute atomic E-state index is 0.332. The van der Waals surface area contributed by atoms with Crippen LogP contribution in [0.4, 0.5) is 0 Å². The predicted octanol–water partition coefficient (Wildman–Crippen LogP) is 1.40. The van der Waals surface area contributed by atoms with Gasteiger partial charge in [0.15, 0.2) is 0 Å². The van der Waals surface area contributed by atoms with Crippen LogP contribution in [0.1, 0.15) is 33.3 Å². The van der Waals surface area contributed by atoms with Gasteiger partial charge in [-0.1, -0.05) is 11.7 Å². The van der Waals surface area contributed by atoms with E-state index >= 15 is 0 Å². The van der Waals surface area contributed by atoms with Crippen molar-refractivity contribution in [3.8, 4) is 11.7 Å². The van der Waals surface area contributed by atoms with Gasteiger partial charge in [-0.15, -0.1) is 0 Å². The summed E-state index contributed by atoms with van der Waals surface area (Å²) in [5.41, 5.74) is 0.199. The smallest absolute Gasteiger partial charge is 0.392 e. The normalized spacial score (nSPS) is 21.1. The van der Waals surface area contributed by atoms with E-state index in [9.17, 15) is 0 Å². The Morgan fingerprint density at radius 3 is 2.29 bits per heavy atom. The van der Waals surface area contributed by atoms with Crippen LogP contribution in [0.5, 0.6) is 0 Å². The van der Waals surface area contributed by atoms with Crippen LogP contribution in [-0.2, 0) is 16.4 Å². The molecule has 1 fully saturated rings. The van der Waals surface area contributed by atoms with Gasteiger partial charge < -0.3 is 9.31 Å². The average Bonchev–Trinajstić information content (AvgIpc) is 2.67. The largest absolute Gasteiger partial charge is 0.551 e. The van der Waals surface area contributed by atoms with Crippen LogP contribution in [0.15, 0.2) is 12.4 Å². The van der Waals surface area contributed by atoms with E-state index in [4.69, 9.17) is 9.31 Å². The monoisotopic (exact) mass is 232 g/mol. The lowest BCUT2D eigenvalue weighted by Gasteiger charge is -2.32. The second-order valence-corrected chi connectivity index (χ2v) is 5.26. The molecular weight excluding hydrogens is 215 g/mol. The lowest BCUT2D eigenvalue weighted by molar-refractivity contribution is 0.00578. The van der Waals surface area contributed by atoms with Crippen molar-refractivity contribution in [2.45, 2.75) is 38.9 Å². The molecule has 2 heterocycles. The maximum atomic E-state index is 5.77. The summed E-state index contributed by atoms with van der Waals surface area (Å²) in [6.45, 7) is 8.05. The van der Waals surface area contributed by atoms with Crippen molar-refractivity contribution in [3.05, 3.63) is 18.0 Å². The van der Waals surface area contributed by atoms with Crippen LogP contribution in [0, 0.1) is 11.7 Å². The molecule has 0 bridgehead atoms. The summed E-state index contributed by atoms with van der Waals surface area (Å²) in [5.74, 6) is 5.97. The third-order valence-electron chi connectivity index (χ3n) is 3.29. The molecule has 1 saturated heterocycles. The lowest BCUT2D eigenvalue weighted by atomic mass is 9.90. The Hall–Kier alpha value is -1.25. The molecule has 1 aromatic rings. The van der Waals surface area contributed by atoms with Crippen molar-refractivity contribution in [3.63, 3.8) is 0 Å². The van der Waals surface area contributed by atoms with Crippen molar-refractivity contribution >= 4 is 7.12 Å². The first-order valence-corrected chi connectivity index (χ1v) is 5.66. The van der Waals surface area contributed by atoms with Crippen molar-refractivity contribution in [1.82, 2.24) is 9.78 Å². The van der Waals surface area contributed by atoms with Crippen LogP contribution in [-0.4, -0.2) is 28.1 Å². The molecule has 2 rings (SSSR count). The first-order valence-electron chi connectivity index (χ1n) is 5.66. The van der Waals surface area contributed by atoms with Crippen molar-refractivity contribution in [2.24, 2.45) is 7.05 Å². The second-order valence-electron chi connectivity index (χ2n) is 5.26.